The lowest BCUT2D eigenvalue weighted by Crippen LogP contribution is -2.39. The van der Waals surface area contributed by atoms with Crippen LogP contribution in [0.15, 0.2) is 45.3 Å². The zero-order valence-electron chi connectivity index (χ0n) is 14.3. The van der Waals surface area contributed by atoms with Crippen molar-refractivity contribution in [3.05, 3.63) is 67.7 Å². The number of esters is 1. The number of aryl methyl sites for hydroxylation is 1. The van der Waals surface area contributed by atoms with E-state index >= 15 is 0 Å². The van der Waals surface area contributed by atoms with Gasteiger partial charge < -0.3 is 4.74 Å². The third-order valence-corrected chi connectivity index (χ3v) is 5.66. The minimum atomic E-state index is -0.495. The van der Waals surface area contributed by atoms with Crippen LogP contribution in [0.4, 0.5) is 0 Å². The van der Waals surface area contributed by atoms with Gasteiger partial charge in [0.05, 0.1) is 24.1 Å². The Hall–Kier alpha value is -2.67. The van der Waals surface area contributed by atoms with Crippen molar-refractivity contribution in [3.63, 3.8) is 0 Å². The molecule has 7 heteroatoms. The summed E-state index contributed by atoms with van der Waals surface area (Å²) in [6.45, 7) is 0.550. The lowest BCUT2D eigenvalue weighted by molar-refractivity contribution is 0.0489. The first-order valence-corrected chi connectivity index (χ1v) is 9.36. The highest BCUT2D eigenvalue weighted by molar-refractivity contribution is 7.17. The summed E-state index contributed by atoms with van der Waals surface area (Å²) < 4.78 is 7.92. The first kappa shape index (κ1) is 16.8. The molecule has 6 nitrogen and oxygen atoms in total. The van der Waals surface area contributed by atoms with Gasteiger partial charge in [-0.05, 0) is 24.3 Å². The Morgan fingerprint density at radius 2 is 1.96 bits per heavy atom. The number of thiophene rings is 1. The van der Waals surface area contributed by atoms with Gasteiger partial charge in [0.1, 0.15) is 4.83 Å². The molecule has 1 fully saturated rings. The first-order chi connectivity index (χ1) is 12.6. The molecule has 0 N–H and O–H groups in total. The second kappa shape index (κ2) is 6.57. The number of hydrogen-bond acceptors (Lipinski definition) is 5. The number of aromatic nitrogens is 2. The van der Waals surface area contributed by atoms with Crippen LogP contribution in [-0.2, 0) is 18.3 Å². The fourth-order valence-electron chi connectivity index (χ4n) is 2.90. The van der Waals surface area contributed by atoms with E-state index in [0.29, 0.717) is 17.4 Å². The molecule has 1 aromatic carbocycles. The predicted octanol–water partition coefficient (Wildman–Crippen LogP) is 2.38. The molecule has 0 aliphatic heterocycles. The highest BCUT2D eigenvalue weighted by atomic mass is 32.1. The molecular weight excluding hydrogens is 352 g/mol. The summed E-state index contributed by atoms with van der Waals surface area (Å²) in [4.78, 5) is 38.5. The second-order valence-electron chi connectivity index (χ2n) is 6.59. The SMILES string of the molecule is Cn1c(=O)n(Cc2ccccc2)c(=O)c2c(C(=O)OCC3CC3)csc21. The summed E-state index contributed by atoms with van der Waals surface area (Å²) in [5, 5.41) is 1.86. The molecular formula is C19H18N2O4S. The third kappa shape index (κ3) is 2.99. The van der Waals surface area contributed by atoms with Gasteiger partial charge in [0.2, 0.25) is 0 Å². The highest BCUT2D eigenvalue weighted by Crippen LogP contribution is 2.30. The number of carbonyl (C=O) groups excluding carboxylic acids is 1. The van der Waals surface area contributed by atoms with E-state index in [0.717, 1.165) is 18.4 Å². The van der Waals surface area contributed by atoms with Crippen molar-refractivity contribution < 1.29 is 9.53 Å². The van der Waals surface area contributed by atoms with Crippen LogP contribution in [-0.4, -0.2) is 21.7 Å². The maximum absolute atomic E-state index is 13.0. The van der Waals surface area contributed by atoms with Crippen molar-refractivity contribution in [2.45, 2.75) is 19.4 Å². The molecule has 0 radical (unpaired) electrons. The topological polar surface area (TPSA) is 70.3 Å². The number of ether oxygens (including phenoxy) is 1. The van der Waals surface area contributed by atoms with E-state index in [-0.39, 0.29) is 17.5 Å². The van der Waals surface area contributed by atoms with Gasteiger partial charge in [-0.2, -0.15) is 0 Å². The van der Waals surface area contributed by atoms with E-state index in [9.17, 15) is 14.4 Å². The Bertz CT molecular complexity index is 1090. The molecule has 0 spiro atoms. The summed E-state index contributed by atoms with van der Waals surface area (Å²) in [6, 6.07) is 9.30. The van der Waals surface area contributed by atoms with E-state index in [2.05, 4.69) is 0 Å². The molecule has 3 aromatic rings. The average molecular weight is 370 g/mol. The number of rotatable bonds is 5. The zero-order chi connectivity index (χ0) is 18.3. The molecule has 0 bridgehead atoms. The van der Waals surface area contributed by atoms with Gasteiger partial charge in [0.15, 0.2) is 0 Å². The highest BCUT2D eigenvalue weighted by Gasteiger charge is 2.26. The van der Waals surface area contributed by atoms with Gasteiger partial charge in [-0.1, -0.05) is 30.3 Å². The molecule has 0 saturated heterocycles. The molecule has 2 heterocycles. The Kier molecular flexibility index (Phi) is 4.24. The second-order valence-corrected chi connectivity index (χ2v) is 7.45. The average Bonchev–Trinajstić information content (AvgIpc) is 3.38. The van der Waals surface area contributed by atoms with Gasteiger partial charge >= 0.3 is 11.7 Å². The smallest absolute Gasteiger partial charge is 0.339 e. The molecule has 0 amide bonds. The normalized spacial score (nSPS) is 13.9. The maximum atomic E-state index is 13.0. The van der Waals surface area contributed by atoms with Crippen LogP contribution >= 0.6 is 11.3 Å². The minimum absolute atomic E-state index is 0.161. The number of hydrogen-bond donors (Lipinski definition) is 0. The van der Waals surface area contributed by atoms with E-state index in [1.807, 2.05) is 30.3 Å². The largest absolute Gasteiger partial charge is 0.462 e. The molecule has 0 atom stereocenters. The zero-order valence-corrected chi connectivity index (χ0v) is 15.1. The summed E-state index contributed by atoms with van der Waals surface area (Å²) in [5.74, 6) is -0.0481. The van der Waals surface area contributed by atoms with Crippen LogP contribution in [0, 0.1) is 5.92 Å². The molecule has 26 heavy (non-hydrogen) atoms. The lowest BCUT2D eigenvalue weighted by Gasteiger charge is -2.09. The first-order valence-electron chi connectivity index (χ1n) is 8.48. The molecule has 1 saturated carbocycles. The monoisotopic (exact) mass is 370 g/mol. The molecule has 134 valence electrons. The quantitative estimate of drug-likeness (QED) is 0.647. The molecule has 1 aliphatic rings. The van der Waals surface area contributed by atoms with Crippen molar-refractivity contribution in [2.24, 2.45) is 13.0 Å². The third-order valence-electron chi connectivity index (χ3n) is 4.60. The Morgan fingerprint density at radius 1 is 1.23 bits per heavy atom. The van der Waals surface area contributed by atoms with Crippen LogP contribution < -0.4 is 11.2 Å². The van der Waals surface area contributed by atoms with Crippen LogP contribution in [0.3, 0.4) is 0 Å². The van der Waals surface area contributed by atoms with E-state index < -0.39 is 17.2 Å². The molecule has 2 aromatic heterocycles. The standard InChI is InChI=1S/C19H18N2O4S/c1-20-17-15(14(11-26-17)18(23)25-10-13-7-8-13)16(22)21(19(20)24)9-12-5-3-2-4-6-12/h2-6,11,13H,7-10H2,1H3. The van der Waals surface area contributed by atoms with Crippen molar-refractivity contribution >= 4 is 27.5 Å². The summed E-state index contributed by atoms with van der Waals surface area (Å²) in [6.07, 6.45) is 2.16. The molecule has 1 aliphatic carbocycles. The van der Waals surface area contributed by atoms with E-state index in [1.165, 1.54) is 20.5 Å². The fourth-order valence-corrected chi connectivity index (χ4v) is 3.90. The van der Waals surface area contributed by atoms with Crippen molar-refractivity contribution in [2.75, 3.05) is 6.61 Å². The Labute approximate surface area is 153 Å². The Balaban J connectivity index is 1.80. The fraction of sp³-hybridized carbons (Fsp3) is 0.316. The number of nitrogens with zero attached hydrogens (tertiary/aromatic N) is 2. The maximum Gasteiger partial charge on any atom is 0.339 e. The Morgan fingerprint density at radius 3 is 2.65 bits per heavy atom. The van der Waals surface area contributed by atoms with Crippen LogP contribution in [0.5, 0.6) is 0 Å². The van der Waals surface area contributed by atoms with Crippen molar-refractivity contribution in [1.82, 2.24) is 9.13 Å². The number of benzene rings is 1. The molecule has 0 unspecified atom stereocenters. The van der Waals surface area contributed by atoms with Crippen LogP contribution in [0.2, 0.25) is 0 Å². The van der Waals surface area contributed by atoms with E-state index in [4.69, 9.17) is 4.74 Å². The van der Waals surface area contributed by atoms with Crippen LogP contribution in [0.25, 0.3) is 10.2 Å². The number of fused-ring (bicyclic) bond motifs is 1. The summed E-state index contributed by atoms with van der Waals surface area (Å²) in [5.41, 5.74) is 0.241. The van der Waals surface area contributed by atoms with Crippen LogP contribution in [0.1, 0.15) is 28.8 Å². The van der Waals surface area contributed by atoms with Gasteiger partial charge in [-0.25, -0.2) is 9.59 Å². The van der Waals surface area contributed by atoms with Gasteiger partial charge in [0.25, 0.3) is 5.56 Å². The lowest BCUT2D eigenvalue weighted by atomic mass is 10.2. The number of carbonyl (C=O) groups is 1. The van der Waals surface area contributed by atoms with Crippen molar-refractivity contribution in [3.8, 4) is 0 Å². The predicted molar refractivity (Wildman–Crippen MR) is 99.9 cm³/mol. The molecule has 4 rings (SSSR count). The van der Waals surface area contributed by atoms with Gasteiger partial charge in [0, 0.05) is 12.4 Å². The summed E-state index contributed by atoms with van der Waals surface area (Å²) >= 11 is 1.21. The van der Waals surface area contributed by atoms with Crippen molar-refractivity contribution in [1.29, 1.82) is 0 Å². The van der Waals surface area contributed by atoms with Gasteiger partial charge in [-0.15, -0.1) is 11.3 Å². The minimum Gasteiger partial charge on any atom is -0.462 e. The van der Waals surface area contributed by atoms with E-state index in [1.54, 1.807) is 12.4 Å². The van der Waals surface area contributed by atoms with Gasteiger partial charge in [-0.3, -0.25) is 13.9 Å². The summed E-state index contributed by atoms with van der Waals surface area (Å²) in [7, 11) is 1.61.